The average molecular weight is 362 g/mol. The number of carbonyl (C=O) groups is 1. The summed E-state index contributed by atoms with van der Waals surface area (Å²) in [6.45, 7) is 6.79. The number of carbonyl (C=O) groups excluding carboxylic acids is 1. The lowest BCUT2D eigenvalue weighted by Gasteiger charge is -2.23. The second kappa shape index (κ2) is 8.60. The summed E-state index contributed by atoms with van der Waals surface area (Å²) in [6.07, 6.45) is 2.82. The van der Waals surface area contributed by atoms with Crippen molar-refractivity contribution in [2.45, 2.75) is 33.0 Å². The third kappa shape index (κ3) is 4.90. The maximum atomic E-state index is 11.6. The highest BCUT2D eigenvalue weighted by Gasteiger charge is 2.23. The largest absolute Gasteiger partial charge is 0.375 e. The number of methoxy groups -OCH3 is 1. The molecule has 0 saturated carbocycles. The number of fused-ring (bicyclic) bond motifs is 1. The van der Waals surface area contributed by atoms with Gasteiger partial charge in [0.25, 0.3) is 0 Å². The Morgan fingerprint density at radius 3 is 3.08 bits per heavy atom. The second-order valence-electron chi connectivity index (χ2n) is 6.64. The monoisotopic (exact) mass is 362 g/mol. The number of aryl methyl sites for hydroxylation is 1. The summed E-state index contributed by atoms with van der Waals surface area (Å²) in [5, 5.41) is 9.56. The Morgan fingerprint density at radius 1 is 1.44 bits per heavy atom. The normalized spacial score (nSPS) is 17.9. The van der Waals surface area contributed by atoms with Crippen LogP contribution in [0.5, 0.6) is 0 Å². The van der Waals surface area contributed by atoms with Gasteiger partial charge in [-0.1, -0.05) is 0 Å². The van der Waals surface area contributed by atoms with Crippen LogP contribution in [0, 0.1) is 12.8 Å². The van der Waals surface area contributed by atoms with Gasteiger partial charge in [0.2, 0.25) is 5.91 Å². The van der Waals surface area contributed by atoms with Crippen LogP contribution in [0.3, 0.4) is 0 Å². The van der Waals surface area contributed by atoms with Gasteiger partial charge in [0.1, 0.15) is 6.61 Å². The topological polar surface area (TPSA) is 59.4 Å². The molecule has 0 bridgehead atoms. The van der Waals surface area contributed by atoms with E-state index < -0.39 is 0 Å². The van der Waals surface area contributed by atoms with Crippen molar-refractivity contribution >= 4 is 17.2 Å². The van der Waals surface area contributed by atoms with Gasteiger partial charge in [-0.3, -0.25) is 14.4 Å². The molecule has 0 aliphatic carbocycles. The number of hydrogen-bond donors (Lipinski definition) is 1. The predicted molar refractivity (Wildman–Crippen MR) is 98.4 cm³/mol. The first kappa shape index (κ1) is 18.1. The summed E-state index contributed by atoms with van der Waals surface area (Å²) in [4.78, 5) is 15.5. The van der Waals surface area contributed by atoms with Crippen LogP contribution in [0.25, 0.3) is 0 Å². The molecule has 2 aromatic rings. The SMILES string of the molecule is COCC(=O)NCC[C@@H]1CN(Cc2sccc2C)Cc2ccnn2C1. The molecule has 1 N–H and O–H groups in total. The molecule has 1 aliphatic heterocycles. The molecule has 6 nitrogen and oxygen atoms in total. The van der Waals surface area contributed by atoms with Crippen molar-refractivity contribution < 1.29 is 9.53 Å². The molecule has 2 aromatic heterocycles. The summed E-state index contributed by atoms with van der Waals surface area (Å²) in [6, 6.07) is 4.29. The molecule has 1 amide bonds. The number of nitrogens with one attached hydrogen (secondary N) is 1. The van der Waals surface area contributed by atoms with Gasteiger partial charge in [-0.05, 0) is 42.3 Å². The van der Waals surface area contributed by atoms with Gasteiger partial charge in [0.05, 0.1) is 5.69 Å². The van der Waals surface area contributed by atoms with Crippen LogP contribution in [0.15, 0.2) is 23.7 Å². The van der Waals surface area contributed by atoms with E-state index in [0.717, 1.165) is 32.6 Å². The minimum absolute atomic E-state index is 0.0537. The Morgan fingerprint density at radius 2 is 2.32 bits per heavy atom. The van der Waals surface area contributed by atoms with Gasteiger partial charge >= 0.3 is 0 Å². The van der Waals surface area contributed by atoms with E-state index in [1.165, 1.54) is 23.2 Å². The number of aromatic nitrogens is 2. The van der Waals surface area contributed by atoms with Crippen molar-refractivity contribution in [1.82, 2.24) is 20.0 Å². The summed E-state index contributed by atoms with van der Waals surface area (Å²) >= 11 is 1.83. The summed E-state index contributed by atoms with van der Waals surface area (Å²) in [7, 11) is 1.54. The van der Waals surface area contributed by atoms with E-state index in [2.05, 4.69) is 44.4 Å². The molecule has 3 rings (SSSR count). The van der Waals surface area contributed by atoms with Crippen molar-refractivity contribution in [2.24, 2.45) is 5.92 Å². The molecule has 7 heteroatoms. The van der Waals surface area contributed by atoms with E-state index in [9.17, 15) is 4.79 Å². The number of thiophene rings is 1. The average Bonchev–Trinajstić information content (AvgIpc) is 3.13. The van der Waals surface area contributed by atoms with Crippen molar-refractivity contribution in [2.75, 3.05) is 26.8 Å². The Hall–Kier alpha value is -1.70. The van der Waals surface area contributed by atoms with Crippen LogP contribution < -0.4 is 5.32 Å². The fraction of sp³-hybridized carbons (Fsp3) is 0.556. The molecule has 0 spiro atoms. The van der Waals surface area contributed by atoms with Crippen LogP contribution >= 0.6 is 11.3 Å². The van der Waals surface area contributed by atoms with E-state index in [1.807, 2.05) is 17.5 Å². The molecule has 0 fully saturated rings. The molecule has 25 heavy (non-hydrogen) atoms. The Kier molecular flexibility index (Phi) is 6.23. The third-order valence-corrected chi connectivity index (χ3v) is 5.63. The molecule has 136 valence electrons. The van der Waals surface area contributed by atoms with E-state index in [-0.39, 0.29) is 12.5 Å². The molecule has 1 aliphatic rings. The Bertz CT molecular complexity index is 697. The van der Waals surface area contributed by atoms with Crippen molar-refractivity contribution in [3.63, 3.8) is 0 Å². The maximum absolute atomic E-state index is 11.6. The highest BCUT2D eigenvalue weighted by molar-refractivity contribution is 7.10. The standard InChI is InChI=1S/C18H26N4O2S/c1-14-5-8-25-17(14)12-21-9-15(3-6-19-18(23)13-24-2)10-22-16(11-21)4-7-20-22/h4-5,7-8,15H,3,6,9-13H2,1-2H3,(H,19,23)/t15-/m1/s1. The molecule has 3 heterocycles. The number of hydrogen-bond acceptors (Lipinski definition) is 5. The number of amides is 1. The molecule has 0 aromatic carbocycles. The number of nitrogens with zero attached hydrogens (tertiary/aromatic N) is 3. The molecule has 1 atom stereocenters. The maximum Gasteiger partial charge on any atom is 0.245 e. The van der Waals surface area contributed by atoms with Crippen molar-refractivity contribution in [1.29, 1.82) is 0 Å². The van der Waals surface area contributed by atoms with Gasteiger partial charge in [0, 0.05) is 50.9 Å². The summed E-state index contributed by atoms with van der Waals surface area (Å²) in [5.41, 5.74) is 2.63. The minimum atomic E-state index is -0.0537. The van der Waals surface area contributed by atoms with Gasteiger partial charge < -0.3 is 10.1 Å². The quantitative estimate of drug-likeness (QED) is 0.819. The molecular weight excluding hydrogens is 336 g/mol. The van der Waals surface area contributed by atoms with Gasteiger partial charge in [-0.15, -0.1) is 11.3 Å². The molecular formula is C18H26N4O2S. The lowest BCUT2D eigenvalue weighted by Crippen LogP contribution is -2.32. The van der Waals surface area contributed by atoms with E-state index >= 15 is 0 Å². The zero-order chi connectivity index (χ0) is 17.6. The summed E-state index contributed by atoms with van der Waals surface area (Å²) in [5.74, 6) is 0.409. The summed E-state index contributed by atoms with van der Waals surface area (Å²) < 4.78 is 6.97. The Labute approximate surface area is 152 Å². The van der Waals surface area contributed by atoms with E-state index in [4.69, 9.17) is 4.74 Å². The first-order chi connectivity index (χ1) is 12.2. The lowest BCUT2D eigenvalue weighted by molar-refractivity contribution is -0.124. The smallest absolute Gasteiger partial charge is 0.245 e. The molecule has 0 radical (unpaired) electrons. The van der Waals surface area contributed by atoms with Crippen molar-refractivity contribution in [3.05, 3.63) is 39.8 Å². The first-order valence-electron chi connectivity index (χ1n) is 8.67. The zero-order valence-corrected chi connectivity index (χ0v) is 15.7. The predicted octanol–water partition coefficient (Wildman–Crippen LogP) is 2.04. The molecule has 0 saturated heterocycles. The third-order valence-electron chi connectivity index (χ3n) is 4.62. The van der Waals surface area contributed by atoms with Crippen LogP contribution in [0.2, 0.25) is 0 Å². The fourth-order valence-corrected chi connectivity index (χ4v) is 4.24. The molecule has 0 unspecified atom stereocenters. The minimum Gasteiger partial charge on any atom is -0.375 e. The Balaban J connectivity index is 1.62. The highest BCUT2D eigenvalue weighted by Crippen LogP contribution is 2.23. The van der Waals surface area contributed by atoms with Gasteiger partial charge in [-0.2, -0.15) is 5.10 Å². The number of rotatable bonds is 7. The van der Waals surface area contributed by atoms with Crippen LogP contribution in [-0.4, -0.2) is 47.4 Å². The van der Waals surface area contributed by atoms with Crippen LogP contribution in [0.1, 0.15) is 22.6 Å². The number of ether oxygens (including phenoxy) is 1. The lowest BCUT2D eigenvalue weighted by atomic mass is 10.1. The van der Waals surface area contributed by atoms with E-state index in [1.54, 1.807) is 0 Å². The first-order valence-corrected chi connectivity index (χ1v) is 9.55. The fourth-order valence-electron chi connectivity index (χ4n) is 3.29. The van der Waals surface area contributed by atoms with Gasteiger partial charge in [-0.25, -0.2) is 0 Å². The second-order valence-corrected chi connectivity index (χ2v) is 7.64. The van der Waals surface area contributed by atoms with Crippen molar-refractivity contribution in [3.8, 4) is 0 Å². The van der Waals surface area contributed by atoms with E-state index in [0.29, 0.717) is 12.5 Å². The van der Waals surface area contributed by atoms with Crippen LogP contribution in [-0.2, 0) is 29.2 Å². The van der Waals surface area contributed by atoms with Gasteiger partial charge in [0.15, 0.2) is 0 Å². The zero-order valence-electron chi connectivity index (χ0n) is 14.9. The highest BCUT2D eigenvalue weighted by atomic mass is 32.1. The van der Waals surface area contributed by atoms with Crippen LogP contribution in [0.4, 0.5) is 0 Å².